The molecule has 0 fully saturated rings. The second-order valence-electron chi connectivity index (χ2n) is 9.10. The normalized spacial score (nSPS) is 11.3. The van der Waals surface area contributed by atoms with Gasteiger partial charge in [0.15, 0.2) is 5.58 Å². The van der Waals surface area contributed by atoms with Crippen molar-refractivity contribution in [3.05, 3.63) is 133 Å². The van der Waals surface area contributed by atoms with Crippen molar-refractivity contribution in [2.24, 2.45) is 0 Å². The van der Waals surface area contributed by atoms with E-state index >= 15 is 0 Å². The Kier molecular flexibility index (Phi) is 4.82. The van der Waals surface area contributed by atoms with Crippen molar-refractivity contribution in [1.82, 2.24) is 0 Å². The van der Waals surface area contributed by atoms with Crippen molar-refractivity contribution in [3.8, 4) is 22.3 Å². The van der Waals surface area contributed by atoms with Crippen LogP contribution in [0.1, 0.15) is 0 Å². The molecule has 0 bridgehead atoms. The Bertz CT molecular complexity index is 1850. The van der Waals surface area contributed by atoms with Gasteiger partial charge in [-0.3, -0.25) is 0 Å². The van der Waals surface area contributed by atoms with Crippen molar-refractivity contribution in [1.29, 1.82) is 0 Å². The van der Waals surface area contributed by atoms with Crippen LogP contribution in [0.25, 0.3) is 55.0 Å². The van der Waals surface area contributed by atoms with Gasteiger partial charge in [0.2, 0.25) is 0 Å². The number of nitrogens with one attached hydrogen (secondary N) is 1. The van der Waals surface area contributed by atoms with Gasteiger partial charge in [0.1, 0.15) is 5.58 Å². The lowest BCUT2D eigenvalue weighted by molar-refractivity contribution is 0.671. The Morgan fingerprint density at radius 2 is 1.14 bits per heavy atom. The molecule has 2 nitrogen and oxygen atoms in total. The summed E-state index contributed by atoms with van der Waals surface area (Å²) in [5.74, 6) is 0. The number of hydrogen-bond acceptors (Lipinski definition) is 2. The molecule has 0 saturated heterocycles. The molecule has 1 heterocycles. The summed E-state index contributed by atoms with van der Waals surface area (Å²) in [7, 11) is 0. The lowest BCUT2D eigenvalue weighted by Crippen LogP contribution is -1.90. The molecule has 0 amide bonds. The van der Waals surface area contributed by atoms with Crippen LogP contribution in [0, 0.1) is 0 Å². The molecule has 0 aliphatic heterocycles. The number of fused-ring (bicyclic) bond motifs is 4. The maximum Gasteiger partial charge on any atom is 0.158 e. The van der Waals surface area contributed by atoms with Crippen LogP contribution in [0.15, 0.2) is 138 Å². The minimum Gasteiger partial charge on any atom is -0.453 e. The topological polar surface area (TPSA) is 25.2 Å². The van der Waals surface area contributed by atoms with Gasteiger partial charge in [-0.1, -0.05) is 109 Å². The van der Waals surface area contributed by atoms with Crippen molar-refractivity contribution in [3.63, 3.8) is 0 Å². The van der Waals surface area contributed by atoms with Gasteiger partial charge >= 0.3 is 0 Å². The Morgan fingerprint density at radius 1 is 0.444 bits per heavy atom. The smallest absolute Gasteiger partial charge is 0.158 e. The van der Waals surface area contributed by atoms with Crippen LogP contribution in [0.5, 0.6) is 0 Å². The van der Waals surface area contributed by atoms with Crippen molar-refractivity contribution >= 4 is 44.1 Å². The number of para-hydroxylation sites is 2. The summed E-state index contributed by atoms with van der Waals surface area (Å²) in [6, 6.07) is 46.7. The van der Waals surface area contributed by atoms with Crippen LogP contribution in [-0.4, -0.2) is 0 Å². The summed E-state index contributed by atoms with van der Waals surface area (Å²) in [5, 5.41) is 8.33. The third kappa shape index (κ3) is 3.52. The maximum atomic E-state index is 6.51. The molecule has 0 aliphatic rings. The van der Waals surface area contributed by atoms with Crippen LogP contribution in [0.2, 0.25) is 0 Å². The molecule has 0 spiro atoms. The van der Waals surface area contributed by atoms with E-state index in [2.05, 4.69) is 133 Å². The summed E-state index contributed by atoms with van der Waals surface area (Å²) in [4.78, 5) is 0. The van der Waals surface area contributed by atoms with Gasteiger partial charge in [-0.15, -0.1) is 0 Å². The van der Waals surface area contributed by atoms with Gasteiger partial charge < -0.3 is 9.73 Å². The molecular weight excluding hydrogens is 438 g/mol. The molecule has 1 N–H and O–H groups in total. The van der Waals surface area contributed by atoms with E-state index in [1.807, 2.05) is 6.07 Å². The first kappa shape index (κ1) is 20.5. The lowest BCUT2D eigenvalue weighted by atomic mass is 10.0. The first-order valence-electron chi connectivity index (χ1n) is 12.2. The van der Waals surface area contributed by atoms with E-state index < -0.39 is 0 Å². The van der Waals surface area contributed by atoms with E-state index in [4.69, 9.17) is 4.42 Å². The molecule has 36 heavy (non-hydrogen) atoms. The average Bonchev–Trinajstić information content (AvgIpc) is 3.34. The van der Waals surface area contributed by atoms with E-state index in [-0.39, 0.29) is 0 Å². The van der Waals surface area contributed by atoms with Crippen LogP contribution in [0.4, 0.5) is 11.4 Å². The number of benzene rings is 6. The standard InChI is InChI=1S/C34H23NO/c1-2-9-25(10-3-1)29-12-6-13-30-31-14-7-15-32(34(31)36-33(29)30)35-28-20-18-24(19-21-28)27-17-16-23-8-4-5-11-26(23)22-27/h1-22,35H. The number of hydrogen-bond donors (Lipinski definition) is 1. The van der Waals surface area contributed by atoms with Crippen molar-refractivity contribution < 1.29 is 4.42 Å². The molecule has 0 aliphatic carbocycles. The zero-order chi connectivity index (χ0) is 23.9. The molecule has 1 aromatic heterocycles. The summed E-state index contributed by atoms with van der Waals surface area (Å²) in [5.41, 5.74) is 8.44. The average molecular weight is 462 g/mol. The SMILES string of the molecule is c1ccc(-c2cccc3c2oc2c(Nc4ccc(-c5ccc6ccccc6c5)cc4)cccc23)cc1. The highest BCUT2D eigenvalue weighted by Gasteiger charge is 2.14. The monoisotopic (exact) mass is 461 g/mol. The Balaban J connectivity index is 1.25. The lowest BCUT2D eigenvalue weighted by Gasteiger charge is -2.09. The highest BCUT2D eigenvalue weighted by molar-refractivity contribution is 6.12. The van der Waals surface area contributed by atoms with E-state index in [1.165, 1.54) is 21.9 Å². The fraction of sp³-hybridized carbons (Fsp3) is 0. The maximum absolute atomic E-state index is 6.51. The third-order valence-corrected chi connectivity index (χ3v) is 6.86. The summed E-state index contributed by atoms with van der Waals surface area (Å²) >= 11 is 0. The molecule has 0 radical (unpaired) electrons. The number of anilines is 2. The zero-order valence-electron chi connectivity index (χ0n) is 19.6. The van der Waals surface area contributed by atoms with Gasteiger partial charge in [0.05, 0.1) is 5.69 Å². The highest BCUT2D eigenvalue weighted by Crippen LogP contribution is 2.39. The largest absolute Gasteiger partial charge is 0.453 e. The first-order valence-corrected chi connectivity index (χ1v) is 12.2. The Labute approximate surface area is 209 Å². The van der Waals surface area contributed by atoms with E-state index in [1.54, 1.807) is 0 Å². The second-order valence-corrected chi connectivity index (χ2v) is 9.10. The van der Waals surface area contributed by atoms with E-state index in [0.717, 1.165) is 44.4 Å². The first-order chi connectivity index (χ1) is 17.8. The minimum absolute atomic E-state index is 0.870. The van der Waals surface area contributed by atoms with Gasteiger partial charge in [0.25, 0.3) is 0 Å². The van der Waals surface area contributed by atoms with Gasteiger partial charge in [-0.05, 0) is 51.7 Å². The second kappa shape index (κ2) is 8.44. The predicted molar refractivity (Wildman–Crippen MR) is 152 cm³/mol. The van der Waals surface area contributed by atoms with Gasteiger partial charge in [-0.2, -0.15) is 0 Å². The van der Waals surface area contributed by atoms with Crippen LogP contribution >= 0.6 is 0 Å². The molecule has 7 aromatic rings. The summed E-state index contributed by atoms with van der Waals surface area (Å²) in [6.45, 7) is 0. The molecule has 2 heteroatoms. The van der Waals surface area contributed by atoms with Crippen LogP contribution < -0.4 is 5.32 Å². The molecular formula is C34H23NO. The van der Waals surface area contributed by atoms with Crippen LogP contribution in [0.3, 0.4) is 0 Å². The third-order valence-electron chi connectivity index (χ3n) is 6.86. The van der Waals surface area contributed by atoms with Gasteiger partial charge in [0, 0.05) is 22.0 Å². The van der Waals surface area contributed by atoms with E-state index in [0.29, 0.717) is 0 Å². The summed E-state index contributed by atoms with van der Waals surface area (Å²) < 4.78 is 6.51. The predicted octanol–water partition coefficient (Wildman–Crippen LogP) is 9.82. The molecule has 0 unspecified atom stereocenters. The van der Waals surface area contributed by atoms with Crippen LogP contribution in [-0.2, 0) is 0 Å². The van der Waals surface area contributed by atoms with Crippen molar-refractivity contribution in [2.45, 2.75) is 0 Å². The zero-order valence-corrected chi connectivity index (χ0v) is 19.6. The summed E-state index contributed by atoms with van der Waals surface area (Å²) in [6.07, 6.45) is 0. The minimum atomic E-state index is 0.870. The Hall–Kier alpha value is -4.82. The molecule has 0 atom stereocenters. The molecule has 170 valence electrons. The molecule has 0 saturated carbocycles. The quantitative estimate of drug-likeness (QED) is 0.282. The van der Waals surface area contributed by atoms with E-state index in [9.17, 15) is 0 Å². The van der Waals surface area contributed by atoms with Gasteiger partial charge in [-0.25, -0.2) is 0 Å². The molecule has 6 aromatic carbocycles. The Morgan fingerprint density at radius 3 is 1.97 bits per heavy atom. The highest BCUT2D eigenvalue weighted by atomic mass is 16.3. The van der Waals surface area contributed by atoms with Crippen molar-refractivity contribution in [2.75, 3.05) is 5.32 Å². The number of furan rings is 1. The molecule has 7 rings (SSSR count). The fourth-order valence-electron chi connectivity index (χ4n) is 5.03. The fourth-order valence-corrected chi connectivity index (χ4v) is 5.03. The number of rotatable bonds is 4.